The van der Waals surface area contributed by atoms with Crippen molar-refractivity contribution >= 4 is 45.5 Å². The van der Waals surface area contributed by atoms with Crippen LogP contribution < -0.4 is 5.32 Å². The van der Waals surface area contributed by atoms with Gasteiger partial charge in [-0.2, -0.15) is 0 Å². The van der Waals surface area contributed by atoms with E-state index in [1.807, 2.05) is 61.6 Å². The molecular weight excluding hydrogens is 514 g/mol. The molecule has 0 unspecified atom stereocenters. The van der Waals surface area contributed by atoms with Crippen LogP contribution >= 0.6 is 11.6 Å². The van der Waals surface area contributed by atoms with Crippen molar-refractivity contribution in [1.82, 2.24) is 24.3 Å². The molecule has 1 aliphatic rings. The largest absolute Gasteiger partial charge is 0.465 e. The Labute approximate surface area is 230 Å². The highest BCUT2D eigenvalue weighted by atomic mass is 35.5. The summed E-state index contributed by atoms with van der Waals surface area (Å²) in [6, 6.07) is 23.6. The van der Waals surface area contributed by atoms with Gasteiger partial charge in [-0.3, -0.25) is 4.79 Å². The number of amides is 2. The Bertz CT molecular complexity index is 1710. The molecule has 0 aliphatic carbocycles. The second-order valence-corrected chi connectivity index (χ2v) is 10.5. The summed E-state index contributed by atoms with van der Waals surface area (Å²) >= 11 is 6.12. The van der Waals surface area contributed by atoms with E-state index in [0.717, 1.165) is 51.9 Å². The third-order valence-electron chi connectivity index (χ3n) is 7.46. The molecule has 39 heavy (non-hydrogen) atoms. The van der Waals surface area contributed by atoms with Crippen molar-refractivity contribution in [3.05, 3.63) is 88.9 Å². The Balaban J connectivity index is 1.36. The number of aryl methyl sites for hydroxylation is 1. The molecule has 198 valence electrons. The summed E-state index contributed by atoms with van der Waals surface area (Å²) in [5.41, 5.74) is 5.43. The zero-order valence-electron chi connectivity index (χ0n) is 21.5. The number of benzene rings is 3. The fourth-order valence-corrected chi connectivity index (χ4v) is 5.66. The van der Waals surface area contributed by atoms with Crippen LogP contribution in [0.25, 0.3) is 33.5 Å². The van der Waals surface area contributed by atoms with E-state index < -0.39 is 6.09 Å². The van der Waals surface area contributed by atoms with Gasteiger partial charge in [0, 0.05) is 54.2 Å². The summed E-state index contributed by atoms with van der Waals surface area (Å²) in [7, 11) is 1.99. The summed E-state index contributed by atoms with van der Waals surface area (Å²) in [6.07, 6.45) is 0.415. The minimum atomic E-state index is -1.06. The lowest BCUT2D eigenvalue weighted by molar-refractivity contribution is 0.0692. The molecule has 8 nitrogen and oxygen atoms in total. The van der Waals surface area contributed by atoms with Gasteiger partial charge in [-0.05, 0) is 60.9 Å². The van der Waals surface area contributed by atoms with Crippen molar-refractivity contribution in [3.63, 3.8) is 0 Å². The maximum Gasteiger partial charge on any atom is 0.404 e. The molecule has 1 fully saturated rings. The van der Waals surface area contributed by atoms with Gasteiger partial charge < -0.3 is 24.5 Å². The van der Waals surface area contributed by atoms with Gasteiger partial charge in [0.05, 0.1) is 16.7 Å². The predicted molar refractivity (Wildman–Crippen MR) is 152 cm³/mol. The molecule has 0 saturated carbocycles. The topological polar surface area (TPSA) is 92.4 Å². The van der Waals surface area contributed by atoms with Crippen LogP contribution in [0.2, 0.25) is 5.02 Å². The van der Waals surface area contributed by atoms with E-state index >= 15 is 0 Å². The summed E-state index contributed by atoms with van der Waals surface area (Å²) in [5.74, 6) is 0.696. The van der Waals surface area contributed by atoms with E-state index in [1.165, 1.54) is 0 Å². The molecular formula is C30H28ClN5O3. The summed E-state index contributed by atoms with van der Waals surface area (Å²) < 4.78 is 4.32. The van der Waals surface area contributed by atoms with E-state index in [2.05, 4.69) is 32.7 Å². The van der Waals surface area contributed by atoms with Gasteiger partial charge >= 0.3 is 6.09 Å². The van der Waals surface area contributed by atoms with Crippen LogP contribution in [0, 0.1) is 0 Å². The van der Waals surface area contributed by atoms with Crippen LogP contribution in [0.5, 0.6) is 0 Å². The fraction of sp³-hybridized carbons (Fsp3) is 0.233. The first-order valence-corrected chi connectivity index (χ1v) is 13.3. The third-order valence-corrected chi connectivity index (χ3v) is 7.71. The van der Waals surface area contributed by atoms with E-state index in [9.17, 15) is 9.59 Å². The molecule has 6 rings (SSSR count). The maximum absolute atomic E-state index is 13.3. The number of carbonyl (C=O) groups excluding carboxylic acids is 1. The lowest BCUT2D eigenvalue weighted by Crippen LogP contribution is -2.49. The standard InChI is InChI=1S/C30H28ClN5O3/c1-34-26-13-10-21(29(37)35-14-4-6-23(18-35)32-30(38)39)15-24(26)33-28(34)27-16-20-5-2-3-7-25(20)36(27)17-19-8-11-22(31)12-9-19/h2-3,5,7-13,15-16,23,32H,4,6,14,17-18H2,1H3,(H,38,39)/t23-/m1/s1. The molecule has 3 aromatic carbocycles. The summed E-state index contributed by atoms with van der Waals surface area (Å²) in [6.45, 7) is 1.63. The fourth-order valence-electron chi connectivity index (χ4n) is 5.54. The van der Waals surface area contributed by atoms with Crippen molar-refractivity contribution in [2.75, 3.05) is 13.1 Å². The average Bonchev–Trinajstić information content (AvgIpc) is 3.46. The van der Waals surface area contributed by atoms with Crippen LogP contribution in [-0.2, 0) is 13.6 Å². The first-order valence-electron chi connectivity index (χ1n) is 13.0. The molecule has 2 aromatic heterocycles. The highest BCUT2D eigenvalue weighted by Gasteiger charge is 2.26. The van der Waals surface area contributed by atoms with Crippen LogP contribution in [0.3, 0.4) is 0 Å². The van der Waals surface area contributed by atoms with Gasteiger partial charge in [-0.15, -0.1) is 0 Å². The van der Waals surface area contributed by atoms with Crippen LogP contribution in [0.15, 0.2) is 72.8 Å². The molecule has 1 saturated heterocycles. The van der Waals surface area contributed by atoms with Gasteiger partial charge in [-0.1, -0.05) is 41.9 Å². The van der Waals surface area contributed by atoms with Crippen LogP contribution in [-0.4, -0.2) is 55.3 Å². The minimum absolute atomic E-state index is 0.113. The molecule has 1 aliphatic heterocycles. The van der Waals surface area contributed by atoms with E-state index in [-0.39, 0.29) is 11.9 Å². The van der Waals surface area contributed by atoms with Gasteiger partial charge in [0.15, 0.2) is 5.82 Å². The molecule has 3 heterocycles. The Morgan fingerprint density at radius 2 is 1.85 bits per heavy atom. The normalized spacial score (nSPS) is 15.6. The molecule has 1 atom stereocenters. The number of halogens is 1. The van der Waals surface area contributed by atoms with Crippen molar-refractivity contribution in [3.8, 4) is 11.5 Å². The third kappa shape index (κ3) is 4.83. The van der Waals surface area contributed by atoms with E-state index in [4.69, 9.17) is 21.7 Å². The van der Waals surface area contributed by atoms with Crippen molar-refractivity contribution in [2.24, 2.45) is 7.05 Å². The van der Waals surface area contributed by atoms with Crippen molar-refractivity contribution in [2.45, 2.75) is 25.4 Å². The van der Waals surface area contributed by atoms with Crippen molar-refractivity contribution in [1.29, 1.82) is 0 Å². The quantitative estimate of drug-likeness (QED) is 0.295. The second kappa shape index (κ2) is 10.1. The molecule has 2 amide bonds. The van der Waals surface area contributed by atoms with Gasteiger partial charge in [0.25, 0.3) is 5.91 Å². The Morgan fingerprint density at radius 1 is 1.05 bits per heavy atom. The number of carbonyl (C=O) groups is 2. The summed E-state index contributed by atoms with van der Waals surface area (Å²) in [5, 5.41) is 13.4. The monoisotopic (exact) mass is 541 g/mol. The number of carboxylic acid groups (broad SMARTS) is 1. The molecule has 0 radical (unpaired) electrons. The average molecular weight is 542 g/mol. The number of imidazole rings is 1. The van der Waals surface area contributed by atoms with Gasteiger partial charge in [0.2, 0.25) is 0 Å². The Kier molecular flexibility index (Phi) is 6.48. The highest BCUT2D eigenvalue weighted by Crippen LogP contribution is 2.31. The Morgan fingerprint density at radius 3 is 2.64 bits per heavy atom. The molecule has 0 spiro atoms. The second-order valence-electron chi connectivity index (χ2n) is 10.0. The summed E-state index contributed by atoms with van der Waals surface area (Å²) in [4.78, 5) is 31.1. The van der Waals surface area contributed by atoms with E-state index in [1.54, 1.807) is 4.90 Å². The zero-order chi connectivity index (χ0) is 27.1. The number of likely N-dealkylation sites (tertiary alicyclic amines) is 1. The number of hydrogen-bond donors (Lipinski definition) is 2. The number of fused-ring (bicyclic) bond motifs is 2. The smallest absolute Gasteiger partial charge is 0.404 e. The minimum Gasteiger partial charge on any atom is -0.465 e. The number of para-hydroxylation sites is 1. The lowest BCUT2D eigenvalue weighted by Gasteiger charge is -2.32. The highest BCUT2D eigenvalue weighted by molar-refractivity contribution is 6.30. The number of nitrogens with one attached hydrogen (secondary N) is 1. The van der Waals surface area contributed by atoms with Crippen molar-refractivity contribution < 1.29 is 14.7 Å². The zero-order valence-corrected chi connectivity index (χ0v) is 22.2. The molecule has 9 heteroatoms. The van der Waals surface area contributed by atoms with Gasteiger partial charge in [0.1, 0.15) is 0 Å². The first kappa shape index (κ1) is 25.0. The molecule has 5 aromatic rings. The first-order chi connectivity index (χ1) is 18.9. The van der Waals surface area contributed by atoms with E-state index in [0.29, 0.717) is 30.2 Å². The van der Waals surface area contributed by atoms with Crippen LogP contribution in [0.4, 0.5) is 4.79 Å². The number of piperidine rings is 1. The SMILES string of the molecule is Cn1c(-c2cc3ccccc3n2Cc2ccc(Cl)cc2)nc2cc(C(=O)N3CCC[C@@H](NC(=O)O)C3)ccc21. The number of rotatable bonds is 5. The maximum atomic E-state index is 13.3. The molecule has 2 N–H and O–H groups in total. The van der Waals surface area contributed by atoms with Crippen LogP contribution in [0.1, 0.15) is 28.8 Å². The number of hydrogen-bond acceptors (Lipinski definition) is 3. The predicted octanol–water partition coefficient (Wildman–Crippen LogP) is 5.77. The number of aromatic nitrogens is 3. The molecule has 0 bridgehead atoms. The van der Waals surface area contributed by atoms with Gasteiger partial charge in [-0.25, -0.2) is 9.78 Å². The lowest BCUT2D eigenvalue weighted by atomic mass is 10.0. The Hall–Kier alpha value is -4.30. The number of nitrogens with zero attached hydrogens (tertiary/aromatic N) is 4.